The summed E-state index contributed by atoms with van der Waals surface area (Å²) < 4.78 is 0. The van der Waals surface area contributed by atoms with Crippen LogP contribution in [0.25, 0.3) is 0 Å². The number of likely N-dealkylation sites (tertiary alicyclic amines) is 2. The van der Waals surface area contributed by atoms with Crippen molar-refractivity contribution in [2.45, 2.75) is 45.1 Å². The van der Waals surface area contributed by atoms with E-state index in [9.17, 15) is 9.59 Å². The van der Waals surface area contributed by atoms with E-state index in [0.29, 0.717) is 6.42 Å². The van der Waals surface area contributed by atoms with Crippen LogP contribution in [-0.4, -0.2) is 41.8 Å². The number of rotatable bonds is 2. The SMILES string of the molecule is Cc1ccc([C@@H]2[C@H](C(=O)N3CCCCCC3)CC(=O)N2C)cc1. The molecule has 0 bridgehead atoms. The van der Waals surface area contributed by atoms with Crippen LogP contribution in [0.15, 0.2) is 24.3 Å². The predicted octanol–water partition coefficient (Wildman–Crippen LogP) is 2.92. The summed E-state index contributed by atoms with van der Waals surface area (Å²) in [5.41, 5.74) is 2.26. The normalized spacial score (nSPS) is 25.6. The fraction of sp³-hybridized carbons (Fsp3) is 0.579. The van der Waals surface area contributed by atoms with Gasteiger partial charge in [-0.05, 0) is 25.3 Å². The summed E-state index contributed by atoms with van der Waals surface area (Å²) in [7, 11) is 1.82. The van der Waals surface area contributed by atoms with Gasteiger partial charge in [-0.2, -0.15) is 0 Å². The highest BCUT2D eigenvalue weighted by Crippen LogP contribution is 2.38. The quantitative estimate of drug-likeness (QED) is 0.842. The third-order valence-corrected chi connectivity index (χ3v) is 5.24. The Bertz CT molecular complexity index is 574. The monoisotopic (exact) mass is 314 g/mol. The molecule has 3 rings (SSSR count). The van der Waals surface area contributed by atoms with Crippen molar-refractivity contribution in [2.75, 3.05) is 20.1 Å². The van der Waals surface area contributed by atoms with Crippen LogP contribution in [-0.2, 0) is 9.59 Å². The highest BCUT2D eigenvalue weighted by Gasteiger charge is 2.44. The zero-order valence-corrected chi connectivity index (χ0v) is 14.1. The Kier molecular flexibility index (Phi) is 4.69. The average Bonchev–Trinajstić information content (AvgIpc) is 2.75. The second-order valence-electron chi connectivity index (χ2n) is 6.91. The van der Waals surface area contributed by atoms with Crippen molar-refractivity contribution < 1.29 is 9.59 Å². The second-order valence-corrected chi connectivity index (χ2v) is 6.91. The van der Waals surface area contributed by atoms with E-state index in [4.69, 9.17) is 0 Å². The van der Waals surface area contributed by atoms with Crippen LogP contribution in [0.5, 0.6) is 0 Å². The van der Waals surface area contributed by atoms with Gasteiger partial charge >= 0.3 is 0 Å². The first-order chi connectivity index (χ1) is 11.1. The van der Waals surface area contributed by atoms with Crippen LogP contribution in [0.2, 0.25) is 0 Å². The summed E-state index contributed by atoms with van der Waals surface area (Å²) in [5, 5.41) is 0. The van der Waals surface area contributed by atoms with E-state index >= 15 is 0 Å². The molecule has 0 aromatic heterocycles. The minimum Gasteiger partial charge on any atom is -0.342 e. The number of benzene rings is 1. The zero-order valence-electron chi connectivity index (χ0n) is 14.1. The van der Waals surface area contributed by atoms with E-state index in [-0.39, 0.29) is 23.8 Å². The molecule has 0 aliphatic carbocycles. The first-order valence-electron chi connectivity index (χ1n) is 8.69. The van der Waals surface area contributed by atoms with Crippen LogP contribution in [0, 0.1) is 12.8 Å². The predicted molar refractivity (Wildman–Crippen MR) is 89.8 cm³/mol. The van der Waals surface area contributed by atoms with E-state index < -0.39 is 0 Å². The van der Waals surface area contributed by atoms with Crippen molar-refractivity contribution in [3.05, 3.63) is 35.4 Å². The number of carbonyl (C=O) groups is 2. The molecule has 0 spiro atoms. The minimum absolute atomic E-state index is 0.0729. The number of hydrogen-bond acceptors (Lipinski definition) is 2. The third kappa shape index (κ3) is 3.26. The van der Waals surface area contributed by atoms with Crippen LogP contribution >= 0.6 is 0 Å². The number of amides is 2. The molecule has 2 amide bonds. The van der Waals surface area contributed by atoms with Gasteiger partial charge in [-0.25, -0.2) is 0 Å². The molecule has 1 aromatic rings. The Morgan fingerprint density at radius 1 is 1.04 bits per heavy atom. The van der Waals surface area contributed by atoms with Gasteiger partial charge in [0.1, 0.15) is 0 Å². The first kappa shape index (κ1) is 16.0. The van der Waals surface area contributed by atoms with Gasteiger partial charge in [0.25, 0.3) is 0 Å². The second kappa shape index (κ2) is 6.73. The highest BCUT2D eigenvalue weighted by molar-refractivity contribution is 5.90. The summed E-state index contributed by atoms with van der Waals surface area (Å²) in [6.45, 7) is 3.73. The van der Waals surface area contributed by atoms with Crippen molar-refractivity contribution in [3.63, 3.8) is 0 Å². The number of nitrogens with zero attached hydrogens (tertiary/aromatic N) is 2. The van der Waals surface area contributed by atoms with Gasteiger partial charge in [-0.15, -0.1) is 0 Å². The zero-order chi connectivity index (χ0) is 16.4. The molecule has 4 nitrogen and oxygen atoms in total. The Hall–Kier alpha value is -1.84. The van der Waals surface area contributed by atoms with E-state index in [1.807, 2.05) is 18.9 Å². The standard InChI is InChI=1S/C19H26N2O2/c1-14-7-9-15(10-8-14)18-16(13-17(22)20(18)2)19(23)21-11-5-3-4-6-12-21/h7-10,16,18H,3-6,11-13H2,1-2H3/t16-,18-/m1/s1. The van der Waals surface area contributed by atoms with Gasteiger partial charge in [0.2, 0.25) is 11.8 Å². The smallest absolute Gasteiger partial charge is 0.228 e. The van der Waals surface area contributed by atoms with Gasteiger partial charge in [0, 0.05) is 26.6 Å². The van der Waals surface area contributed by atoms with E-state index in [1.54, 1.807) is 4.90 Å². The fourth-order valence-electron chi connectivity index (χ4n) is 3.84. The van der Waals surface area contributed by atoms with Crippen molar-refractivity contribution >= 4 is 11.8 Å². The molecule has 4 heteroatoms. The molecule has 2 heterocycles. The lowest BCUT2D eigenvalue weighted by Gasteiger charge is -2.29. The molecule has 124 valence electrons. The minimum atomic E-state index is -0.242. The van der Waals surface area contributed by atoms with Crippen molar-refractivity contribution in [2.24, 2.45) is 5.92 Å². The van der Waals surface area contributed by atoms with Gasteiger partial charge < -0.3 is 9.80 Å². The van der Waals surface area contributed by atoms with Crippen LogP contribution in [0.4, 0.5) is 0 Å². The Labute approximate surface area is 138 Å². The lowest BCUT2D eigenvalue weighted by Crippen LogP contribution is -2.39. The molecule has 0 saturated carbocycles. The topological polar surface area (TPSA) is 40.6 Å². The van der Waals surface area contributed by atoms with Crippen LogP contribution in [0.1, 0.15) is 49.3 Å². The van der Waals surface area contributed by atoms with Crippen molar-refractivity contribution in [1.29, 1.82) is 0 Å². The van der Waals surface area contributed by atoms with E-state index in [2.05, 4.69) is 24.3 Å². The molecule has 2 atom stereocenters. The summed E-state index contributed by atoms with van der Waals surface area (Å²) in [4.78, 5) is 29.0. The largest absolute Gasteiger partial charge is 0.342 e. The Morgan fingerprint density at radius 3 is 2.26 bits per heavy atom. The summed E-state index contributed by atoms with van der Waals surface area (Å²) in [6.07, 6.45) is 4.91. The maximum Gasteiger partial charge on any atom is 0.228 e. The summed E-state index contributed by atoms with van der Waals surface area (Å²) >= 11 is 0. The maximum absolute atomic E-state index is 13.0. The first-order valence-corrected chi connectivity index (χ1v) is 8.69. The van der Waals surface area contributed by atoms with Gasteiger partial charge in [-0.1, -0.05) is 42.7 Å². The molecule has 2 fully saturated rings. The lowest BCUT2D eigenvalue weighted by atomic mass is 9.92. The molecule has 0 N–H and O–H groups in total. The number of carbonyl (C=O) groups excluding carboxylic acids is 2. The van der Waals surface area contributed by atoms with E-state index in [0.717, 1.165) is 31.5 Å². The average molecular weight is 314 g/mol. The van der Waals surface area contributed by atoms with Crippen LogP contribution in [0.3, 0.4) is 0 Å². The number of aryl methyl sites for hydroxylation is 1. The molecular weight excluding hydrogens is 288 g/mol. The molecule has 1 aromatic carbocycles. The fourth-order valence-corrected chi connectivity index (χ4v) is 3.84. The maximum atomic E-state index is 13.0. The lowest BCUT2D eigenvalue weighted by molar-refractivity contribution is -0.136. The molecular formula is C19H26N2O2. The van der Waals surface area contributed by atoms with Gasteiger partial charge in [0.05, 0.1) is 12.0 Å². The molecule has 0 radical (unpaired) electrons. The number of hydrogen-bond donors (Lipinski definition) is 0. The van der Waals surface area contributed by atoms with E-state index in [1.165, 1.54) is 18.4 Å². The summed E-state index contributed by atoms with van der Waals surface area (Å²) in [6, 6.07) is 8.09. The third-order valence-electron chi connectivity index (χ3n) is 5.24. The Balaban J connectivity index is 1.84. The molecule has 2 aliphatic heterocycles. The van der Waals surface area contributed by atoms with Crippen molar-refractivity contribution in [1.82, 2.24) is 9.80 Å². The molecule has 23 heavy (non-hydrogen) atoms. The van der Waals surface area contributed by atoms with Crippen LogP contribution < -0.4 is 0 Å². The van der Waals surface area contributed by atoms with Crippen molar-refractivity contribution in [3.8, 4) is 0 Å². The molecule has 2 saturated heterocycles. The molecule has 2 aliphatic rings. The molecule has 0 unspecified atom stereocenters. The van der Waals surface area contributed by atoms with Gasteiger partial charge in [-0.3, -0.25) is 9.59 Å². The highest BCUT2D eigenvalue weighted by atomic mass is 16.2. The van der Waals surface area contributed by atoms with Gasteiger partial charge in [0.15, 0.2) is 0 Å². The Morgan fingerprint density at radius 2 is 1.65 bits per heavy atom. The summed E-state index contributed by atoms with van der Waals surface area (Å²) in [5.74, 6) is -0.00720.